The number of hydrogen-bond acceptors (Lipinski definition) is 8. The molecule has 0 bridgehead atoms. The van der Waals surface area contributed by atoms with Crippen LogP contribution in [0.5, 0.6) is 0 Å². The molecular formula is C28H26N2O6S. The van der Waals surface area contributed by atoms with Crippen molar-refractivity contribution in [1.82, 2.24) is 4.90 Å². The second-order valence-electron chi connectivity index (χ2n) is 7.79. The number of rotatable bonds is 8. The number of nitrogens with zero attached hydrogens (tertiary/aromatic N) is 2. The average Bonchev–Trinajstić information content (AvgIpc) is 3.48. The van der Waals surface area contributed by atoms with E-state index in [2.05, 4.69) is 4.99 Å². The summed E-state index contributed by atoms with van der Waals surface area (Å²) in [5.74, 6) is -0.0973. The topological polar surface area (TPSA) is 98.4 Å². The van der Waals surface area contributed by atoms with E-state index in [1.54, 1.807) is 79.4 Å². The molecule has 2 aromatic carbocycles. The molecule has 37 heavy (non-hydrogen) atoms. The lowest BCUT2D eigenvalue weighted by molar-refractivity contribution is -0.122. The van der Waals surface area contributed by atoms with Crippen LogP contribution >= 0.6 is 11.8 Å². The molecule has 190 valence electrons. The van der Waals surface area contributed by atoms with Crippen molar-refractivity contribution in [2.24, 2.45) is 4.99 Å². The van der Waals surface area contributed by atoms with Crippen molar-refractivity contribution in [2.75, 3.05) is 19.8 Å². The lowest BCUT2D eigenvalue weighted by Gasteiger charge is -2.12. The Kier molecular flexibility index (Phi) is 8.25. The molecular weight excluding hydrogens is 492 g/mol. The number of carbonyl (C=O) groups excluding carboxylic acids is 3. The summed E-state index contributed by atoms with van der Waals surface area (Å²) in [6.45, 7) is 6.34. The Morgan fingerprint density at radius 2 is 1.73 bits per heavy atom. The molecule has 8 nitrogen and oxygen atoms in total. The van der Waals surface area contributed by atoms with Gasteiger partial charge in [0.25, 0.3) is 5.91 Å². The zero-order chi connectivity index (χ0) is 26.4. The lowest BCUT2D eigenvalue weighted by atomic mass is 10.1. The molecule has 1 aromatic heterocycles. The molecule has 0 atom stereocenters. The highest BCUT2D eigenvalue weighted by Gasteiger charge is 2.32. The molecule has 1 aliphatic rings. The van der Waals surface area contributed by atoms with E-state index >= 15 is 0 Å². The largest absolute Gasteiger partial charge is 0.462 e. The van der Waals surface area contributed by atoms with Crippen molar-refractivity contribution < 1.29 is 28.3 Å². The standard InChI is InChI=1S/C28H26N2O6S/c1-4-30-25(31)24(37-28(30)29-19-11-9-10-18(16-19)26(32)34-5-2)17-20-14-15-23(36-20)21-12-7-8-13-22(21)27(33)35-6-3/h7-17H,4-6H2,1-3H3. The number of likely N-dealkylation sites (N-methyl/N-ethyl adjacent to an activating group) is 1. The van der Waals surface area contributed by atoms with Gasteiger partial charge in [0.15, 0.2) is 5.17 Å². The monoisotopic (exact) mass is 518 g/mol. The number of ether oxygens (including phenoxy) is 2. The van der Waals surface area contributed by atoms with Gasteiger partial charge in [-0.3, -0.25) is 9.69 Å². The van der Waals surface area contributed by atoms with E-state index in [0.29, 0.717) is 50.5 Å². The molecule has 9 heteroatoms. The number of furan rings is 1. The molecule has 0 N–H and O–H groups in total. The van der Waals surface area contributed by atoms with Crippen molar-refractivity contribution in [3.63, 3.8) is 0 Å². The summed E-state index contributed by atoms with van der Waals surface area (Å²) in [4.78, 5) is 44.1. The Labute approximate surface area is 219 Å². The minimum atomic E-state index is -0.428. The summed E-state index contributed by atoms with van der Waals surface area (Å²) in [5, 5.41) is 0.499. The molecule has 0 aliphatic carbocycles. The van der Waals surface area contributed by atoms with Crippen molar-refractivity contribution in [1.29, 1.82) is 0 Å². The zero-order valence-electron chi connectivity index (χ0n) is 20.7. The van der Waals surface area contributed by atoms with Crippen molar-refractivity contribution in [3.05, 3.63) is 82.5 Å². The third kappa shape index (κ3) is 5.83. The van der Waals surface area contributed by atoms with Gasteiger partial charge in [-0.25, -0.2) is 14.6 Å². The first-order chi connectivity index (χ1) is 17.9. The van der Waals surface area contributed by atoms with Crippen molar-refractivity contribution >= 4 is 46.5 Å². The number of benzene rings is 2. The molecule has 1 aliphatic heterocycles. The molecule has 0 spiro atoms. The minimum absolute atomic E-state index is 0.197. The van der Waals surface area contributed by atoms with Gasteiger partial charge in [0, 0.05) is 18.2 Å². The third-order valence-corrected chi connectivity index (χ3v) is 6.38. The SMILES string of the molecule is CCOC(=O)c1cccc(N=C2SC(=Cc3ccc(-c4ccccc4C(=O)OCC)o3)C(=O)N2CC)c1. The molecule has 1 amide bonds. The third-order valence-electron chi connectivity index (χ3n) is 5.37. The van der Waals surface area contributed by atoms with Crippen LogP contribution in [0.4, 0.5) is 5.69 Å². The van der Waals surface area contributed by atoms with E-state index in [4.69, 9.17) is 13.9 Å². The van der Waals surface area contributed by atoms with Gasteiger partial charge in [-0.05, 0) is 68.9 Å². The first kappa shape index (κ1) is 26.0. The van der Waals surface area contributed by atoms with Crippen molar-refractivity contribution in [2.45, 2.75) is 20.8 Å². The molecule has 0 radical (unpaired) electrons. The van der Waals surface area contributed by atoms with Crippen LogP contribution in [0.3, 0.4) is 0 Å². The summed E-state index contributed by atoms with van der Waals surface area (Å²) < 4.78 is 16.2. The highest BCUT2D eigenvalue weighted by atomic mass is 32.2. The number of esters is 2. The molecule has 0 unspecified atom stereocenters. The smallest absolute Gasteiger partial charge is 0.338 e. The Bertz CT molecular complexity index is 1390. The van der Waals surface area contributed by atoms with Crippen LogP contribution in [0.25, 0.3) is 17.4 Å². The Balaban J connectivity index is 1.60. The fraction of sp³-hybridized carbons (Fsp3) is 0.214. The number of amides is 1. The van der Waals surface area contributed by atoms with Gasteiger partial charge >= 0.3 is 11.9 Å². The summed E-state index contributed by atoms with van der Waals surface area (Å²) in [7, 11) is 0. The van der Waals surface area contributed by atoms with E-state index in [1.807, 2.05) is 13.0 Å². The van der Waals surface area contributed by atoms with Crippen LogP contribution in [0, 0.1) is 0 Å². The Morgan fingerprint density at radius 1 is 0.973 bits per heavy atom. The summed E-state index contributed by atoms with van der Waals surface area (Å²) in [6, 6.07) is 17.3. The van der Waals surface area contributed by atoms with Gasteiger partial charge in [0.2, 0.25) is 0 Å². The minimum Gasteiger partial charge on any atom is -0.462 e. The van der Waals surface area contributed by atoms with Crippen LogP contribution in [0.15, 0.2) is 75.0 Å². The van der Waals surface area contributed by atoms with Gasteiger partial charge in [0.1, 0.15) is 11.5 Å². The van der Waals surface area contributed by atoms with Crippen LogP contribution in [0.1, 0.15) is 47.2 Å². The number of carbonyl (C=O) groups is 3. The van der Waals surface area contributed by atoms with Gasteiger partial charge in [-0.15, -0.1) is 0 Å². The van der Waals surface area contributed by atoms with Crippen LogP contribution in [-0.4, -0.2) is 47.7 Å². The molecule has 1 fully saturated rings. The molecule has 4 rings (SSSR count). The van der Waals surface area contributed by atoms with E-state index in [-0.39, 0.29) is 19.1 Å². The van der Waals surface area contributed by atoms with Crippen LogP contribution in [0.2, 0.25) is 0 Å². The summed E-state index contributed by atoms with van der Waals surface area (Å²) in [6.07, 6.45) is 1.66. The maximum Gasteiger partial charge on any atom is 0.338 e. The van der Waals surface area contributed by atoms with Gasteiger partial charge < -0.3 is 13.9 Å². The number of aliphatic imine (C=N–C) groups is 1. The Morgan fingerprint density at radius 3 is 2.49 bits per heavy atom. The predicted octanol–water partition coefficient (Wildman–Crippen LogP) is 5.92. The quantitative estimate of drug-likeness (QED) is 0.269. The number of amidine groups is 1. The molecule has 2 heterocycles. The zero-order valence-corrected chi connectivity index (χ0v) is 21.5. The van der Waals surface area contributed by atoms with Crippen molar-refractivity contribution in [3.8, 4) is 11.3 Å². The van der Waals surface area contributed by atoms with E-state index < -0.39 is 11.9 Å². The molecule has 1 saturated heterocycles. The fourth-order valence-electron chi connectivity index (χ4n) is 3.69. The van der Waals surface area contributed by atoms with E-state index in [0.717, 1.165) is 0 Å². The first-order valence-corrected chi connectivity index (χ1v) is 12.7. The predicted molar refractivity (Wildman–Crippen MR) is 143 cm³/mol. The van der Waals surface area contributed by atoms with Crippen LogP contribution < -0.4 is 0 Å². The fourth-order valence-corrected chi connectivity index (χ4v) is 4.73. The van der Waals surface area contributed by atoms with Gasteiger partial charge in [0.05, 0.1) is 34.9 Å². The number of thioether (sulfide) groups is 1. The number of hydrogen-bond donors (Lipinski definition) is 0. The van der Waals surface area contributed by atoms with Crippen LogP contribution in [-0.2, 0) is 14.3 Å². The average molecular weight is 519 g/mol. The van der Waals surface area contributed by atoms with E-state index in [9.17, 15) is 14.4 Å². The second-order valence-corrected chi connectivity index (χ2v) is 8.80. The van der Waals surface area contributed by atoms with E-state index in [1.165, 1.54) is 11.8 Å². The molecule has 3 aromatic rings. The second kappa shape index (κ2) is 11.7. The van der Waals surface area contributed by atoms with Gasteiger partial charge in [-0.2, -0.15) is 0 Å². The van der Waals surface area contributed by atoms with Gasteiger partial charge in [-0.1, -0.05) is 24.3 Å². The maximum absolute atomic E-state index is 13.1. The Hall–Kier alpha value is -4.11. The normalized spacial score (nSPS) is 15.4. The highest BCUT2D eigenvalue weighted by molar-refractivity contribution is 8.18. The lowest BCUT2D eigenvalue weighted by Crippen LogP contribution is -2.28. The molecule has 0 saturated carbocycles. The maximum atomic E-state index is 13.1. The summed E-state index contributed by atoms with van der Waals surface area (Å²) >= 11 is 1.22. The highest BCUT2D eigenvalue weighted by Crippen LogP contribution is 2.35. The first-order valence-electron chi connectivity index (χ1n) is 11.9. The summed E-state index contributed by atoms with van der Waals surface area (Å²) in [5.41, 5.74) is 1.94.